The van der Waals surface area contributed by atoms with Crippen LogP contribution in [-0.4, -0.2) is 39.4 Å². The summed E-state index contributed by atoms with van der Waals surface area (Å²) in [7, 11) is -1.92. The number of anilines is 1. The molecule has 0 fully saturated rings. The molecule has 21 heavy (non-hydrogen) atoms. The molecule has 5 nitrogen and oxygen atoms in total. The molecule has 0 aliphatic carbocycles. The molecule has 0 saturated heterocycles. The highest BCUT2D eigenvalue weighted by atomic mass is 79.9. The minimum Gasteiger partial charge on any atom is -0.317 e. The second-order valence-corrected chi connectivity index (χ2v) is 7.58. The first-order valence-corrected chi connectivity index (χ1v) is 9.31. The van der Waals surface area contributed by atoms with Crippen molar-refractivity contribution in [2.75, 3.05) is 31.4 Å². The highest BCUT2D eigenvalue weighted by Gasteiger charge is 2.18. The molecule has 120 valence electrons. The molecule has 1 aromatic rings. The van der Waals surface area contributed by atoms with Gasteiger partial charge in [0.15, 0.2) is 0 Å². The van der Waals surface area contributed by atoms with E-state index in [0.717, 1.165) is 36.0 Å². The Morgan fingerprint density at radius 1 is 1.29 bits per heavy atom. The summed E-state index contributed by atoms with van der Waals surface area (Å²) in [6.07, 6.45) is 1.87. The van der Waals surface area contributed by atoms with Crippen molar-refractivity contribution in [1.29, 1.82) is 0 Å². The topological polar surface area (TPSA) is 61.4 Å². The smallest absolute Gasteiger partial charge is 0.301 e. The Morgan fingerprint density at radius 2 is 2.00 bits per heavy atom. The van der Waals surface area contributed by atoms with E-state index in [4.69, 9.17) is 0 Å². The largest absolute Gasteiger partial charge is 0.317 e. The van der Waals surface area contributed by atoms with Crippen LogP contribution in [0.4, 0.5) is 5.69 Å². The maximum atomic E-state index is 12.3. The Labute approximate surface area is 136 Å². The van der Waals surface area contributed by atoms with Crippen LogP contribution in [0.25, 0.3) is 0 Å². The molecule has 0 unspecified atom stereocenters. The summed E-state index contributed by atoms with van der Waals surface area (Å²) in [6, 6.07) is 5.45. The monoisotopic (exact) mass is 377 g/mol. The average molecular weight is 378 g/mol. The van der Waals surface area contributed by atoms with E-state index in [9.17, 15) is 8.42 Å². The van der Waals surface area contributed by atoms with Gasteiger partial charge in [-0.2, -0.15) is 12.7 Å². The Morgan fingerprint density at radius 3 is 2.67 bits per heavy atom. The Kier molecular flexibility index (Phi) is 7.65. The van der Waals surface area contributed by atoms with Crippen molar-refractivity contribution in [3.8, 4) is 0 Å². The first kappa shape index (κ1) is 18.4. The maximum absolute atomic E-state index is 12.3. The summed E-state index contributed by atoms with van der Waals surface area (Å²) >= 11 is 3.40. The normalized spacial score (nSPS) is 11.9. The standard InChI is InChI=1S/C14H24BrN3O2S/c1-4-9-16-10-6-11-18(3)21(19,20)17-14-8-5-7-13(15)12(14)2/h5,7-8,16-17H,4,6,9-11H2,1-3H3. The molecule has 0 spiro atoms. The molecular weight excluding hydrogens is 354 g/mol. The highest BCUT2D eigenvalue weighted by Crippen LogP contribution is 2.24. The zero-order valence-corrected chi connectivity index (χ0v) is 15.2. The molecule has 0 heterocycles. The fraction of sp³-hybridized carbons (Fsp3) is 0.571. The molecular formula is C14H24BrN3O2S. The zero-order valence-electron chi connectivity index (χ0n) is 12.8. The SMILES string of the molecule is CCCNCCCN(C)S(=O)(=O)Nc1cccc(Br)c1C. The van der Waals surface area contributed by atoms with Gasteiger partial charge in [-0.15, -0.1) is 0 Å². The molecule has 0 aromatic heterocycles. The van der Waals surface area contributed by atoms with E-state index in [2.05, 4.69) is 32.9 Å². The molecule has 0 bridgehead atoms. The van der Waals surface area contributed by atoms with Gasteiger partial charge in [-0.25, -0.2) is 0 Å². The van der Waals surface area contributed by atoms with Crippen LogP contribution in [-0.2, 0) is 10.2 Å². The molecule has 0 atom stereocenters. The van der Waals surface area contributed by atoms with E-state index < -0.39 is 10.2 Å². The lowest BCUT2D eigenvalue weighted by molar-refractivity contribution is 0.458. The van der Waals surface area contributed by atoms with Crippen LogP contribution >= 0.6 is 15.9 Å². The number of hydrogen-bond donors (Lipinski definition) is 2. The van der Waals surface area contributed by atoms with Crippen LogP contribution in [0, 0.1) is 6.92 Å². The van der Waals surface area contributed by atoms with E-state index in [0.29, 0.717) is 12.2 Å². The fourth-order valence-corrected chi connectivity index (χ4v) is 3.17. The van der Waals surface area contributed by atoms with E-state index >= 15 is 0 Å². The molecule has 7 heteroatoms. The van der Waals surface area contributed by atoms with Crippen LogP contribution < -0.4 is 10.0 Å². The van der Waals surface area contributed by atoms with E-state index in [-0.39, 0.29) is 0 Å². The summed E-state index contributed by atoms with van der Waals surface area (Å²) in [5, 5.41) is 3.26. The third-order valence-electron chi connectivity index (χ3n) is 3.17. The summed E-state index contributed by atoms with van der Waals surface area (Å²) in [6.45, 7) is 6.25. The number of rotatable bonds is 9. The molecule has 1 aromatic carbocycles. The number of hydrogen-bond acceptors (Lipinski definition) is 3. The average Bonchev–Trinajstić information content (AvgIpc) is 2.43. The van der Waals surface area contributed by atoms with Crippen molar-refractivity contribution in [2.45, 2.75) is 26.7 Å². The van der Waals surface area contributed by atoms with Crippen molar-refractivity contribution < 1.29 is 8.42 Å². The molecule has 0 amide bonds. The van der Waals surface area contributed by atoms with Gasteiger partial charge in [-0.05, 0) is 50.6 Å². The van der Waals surface area contributed by atoms with Crippen molar-refractivity contribution in [3.05, 3.63) is 28.2 Å². The number of halogens is 1. The van der Waals surface area contributed by atoms with Crippen LogP contribution in [0.15, 0.2) is 22.7 Å². The van der Waals surface area contributed by atoms with Crippen LogP contribution in [0.5, 0.6) is 0 Å². The lowest BCUT2D eigenvalue weighted by Crippen LogP contribution is -2.34. The highest BCUT2D eigenvalue weighted by molar-refractivity contribution is 9.10. The maximum Gasteiger partial charge on any atom is 0.301 e. The summed E-state index contributed by atoms with van der Waals surface area (Å²) in [4.78, 5) is 0. The summed E-state index contributed by atoms with van der Waals surface area (Å²) in [5.41, 5.74) is 1.47. The first-order chi connectivity index (χ1) is 9.88. The molecule has 1 rings (SSSR count). The number of benzene rings is 1. The minimum absolute atomic E-state index is 0.485. The van der Waals surface area contributed by atoms with Gasteiger partial charge in [-0.3, -0.25) is 4.72 Å². The van der Waals surface area contributed by atoms with E-state index in [1.807, 2.05) is 19.1 Å². The quantitative estimate of drug-likeness (QED) is 0.650. The third kappa shape index (κ3) is 5.94. The van der Waals surface area contributed by atoms with E-state index in [1.54, 1.807) is 13.1 Å². The lowest BCUT2D eigenvalue weighted by Gasteiger charge is -2.19. The molecule has 0 aliphatic rings. The number of nitrogens with zero attached hydrogens (tertiary/aromatic N) is 1. The Bertz CT molecular complexity index is 549. The second-order valence-electron chi connectivity index (χ2n) is 4.94. The first-order valence-electron chi connectivity index (χ1n) is 7.08. The van der Waals surface area contributed by atoms with Crippen LogP contribution in [0.1, 0.15) is 25.3 Å². The van der Waals surface area contributed by atoms with Crippen molar-refractivity contribution in [2.24, 2.45) is 0 Å². The Balaban J connectivity index is 2.58. The summed E-state index contributed by atoms with van der Waals surface area (Å²) < 4.78 is 29.4. The van der Waals surface area contributed by atoms with Gasteiger partial charge in [0.1, 0.15) is 0 Å². The van der Waals surface area contributed by atoms with Gasteiger partial charge in [0, 0.05) is 18.1 Å². The predicted molar refractivity (Wildman–Crippen MR) is 91.8 cm³/mol. The van der Waals surface area contributed by atoms with Gasteiger partial charge in [0.05, 0.1) is 5.69 Å². The van der Waals surface area contributed by atoms with Crippen molar-refractivity contribution in [1.82, 2.24) is 9.62 Å². The molecule has 0 saturated carbocycles. The minimum atomic E-state index is -3.51. The lowest BCUT2D eigenvalue weighted by atomic mass is 10.2. The molecule has 0 radical (unpaired) electrons. The van der Waals surface area contributed by atoms with Gasteiger partial charge in [0.2, 0.25) is 0 Å². The predicted octanol–water partition coefficient (Wildman–Crippen LogP) is 2.74. The van der Waals surface area contributed by atoms with Gasteiger partial charge in [0.25, 0.3) is 0 Å². The second kappa shape index (κ2) is 8.73. The zero-order chi connectivity index (χ0) is 15.9. The van der Waals surface area contributed by atoms with Gasteiger partial charge < -0.3 is 5.32 Å². The van der Waals surface area contributed by atoms with Crippen molar-refractivity contribution >= 4 is 31.8 Å². The van der Waals surface area contributed by atoms with Crippen molar-refractivity contribution in [3.63, 3.8) is 0 Å². The Hall–Kier alpha value is -0.630. The van der Waals surface area contributed by atoms with Crippen LogP contribution in [0.2, 0.25) is 0 Å². The third-order valence-corrected chi connectivity index (χ3v) is 5.51. The molecule has 0 aliphatic heterocycles. The van der Waals surface area contributed by atoms with E-state index in [1.165, 1.54) is 4.31 Å². The number of nitrogens with one attached hydrogen (secondary N) is 2. The van der Waals surface area contributed by atoms with Gasteiger partial charge in [-0.1, -0.05) is 28.9 Å². The van der Waals surface area contributed by atoms with Crippen LogP contribution in [0.3, 0.4) is 0 Å². The fourth-order valence-electron chi connectivity index (χ4n) is 1.78. The summed E-state index contributed by atoms with van der Waals surface area (Å²) in [5.74, 6) is 0. The molecule has 2 N–H and O–H groups in total. The van der Waals surface area contributed by atoms with Gasteiger partial charge >= 0.3 is 10.2 Å².